The Bertz CT molecular complexity index is 663. The van der Waals surface area contributed by atoms with E-state index < -0.39 is 22.1 Å². The van der Waals surface area contributed by atoms with Gasteiger partial charge in [0, 0.05) is 6.54 Å². The van der Waals surface area contributed by atoms with Crippen molar-refractivity contribution >= 4 is 16.0 Å². The highest BCUT2D eigenvalue weighted by Gasteiger charge is 2.30. The first kappa shape index (κ1) is 15.4. The molecule has 1 atom stereocenters. The molecule has 0 aliphatic carbocycles. The molecule has 1 unspecified atom stereocenters. The fourth-order valence-electron chi connectivity index (χ4n) is 2.03. The maximum atomic E-state index is 12.4. The van der Waals surface area contributed by atoms with E-state index in [-0.39, 0.29) is 31.0 Å². The van der Waals surface area contributed by atoms with E-state index in [9.17, 15) is 13.2 Å². The van der Waals surface area contributed by atoms with Crippen LogP contribution in [0.5, 0.6) is 0 Å². The Balaban J connectivity index is 2.19. The van der Waals surface area contributed by atoms with Crippen molar-refractivity contribution in [2.24, 2.45) is 0 Å². The first-order valence-corrected chi connectivity index (χ1v) is 7.69. The van der Waals surface area contributed by atoms with Gasteiger partial charge in [-0.3, -0.25) is 4.79 Å². The van der Waals surface area contributed by atoms with Crippen molar-refractivity contribution in [3.63, 3.8) is 0 Å². The standard InChI is InChI=1S/C13H14N2O5S/c14-8-11-9-15(5-6-20-11)21(18,19)12-3-1-10(2-4-12)7-13(16)17/h1-4,11H,5-7,9H2,(H,16,17). The quantitative estimate of drug-likeness (QED) is 0.852. The molecule has 0 spiro atoms. The van der Waals surface area contributed by atoms with E-state index in [1.165, 1.54) is 28.6 Å². The molecule has 112 valence electrons. The van der Waals surface area contributed by atoms with E-state index in [0.29, 0.717) is 5.56 Å². The lowest BCUT2D eigenvalue weighted by molar-refractivity contribution is -0.136. The van der Waals surface area contributed by atoms with Gasteiger partial charge in [0.1, 0.15) is 0 Å². The summed E-state index contributed by atoms with van der Waals surface area (Å²) >= 11 is 0. The largest absolute Gasteiger partial charge is 0.481 e. The summed E-state index contributed by atoms with van der Waals surface area (Å²) in [7, 11) is -3.70. The summed E-state index contributed by atoms with van der Waals surface area (Å²) in [5.74, 6) is -0.976. The third-order valence-corrected chi connectivity index (χ3v) is 4.97. The summed E-state index contributed by atoms with van der Waals surface area (Å²) in [6.07, 6.45) is -0.922. The third kappa shape index (κ3) is 3.58. The molecule has 0 bridgehead atoms. The van der Waals surface area contributed by atoms with Crippen LogP contribution in [0, 0.1) is 11.3 Å². The van der Waals surface area contributed by atoms with Crippen molar-refractivity contribution in [1.82, 2.24) is 4.31 Å². The van der Waals surface area contributed by atoms with Gasteiger partial charge in [0.15, 0.2) is 6.10 Å². The first-order chi connectivity index (χ1) is 9.93. The molecule has 0 amide bonds. The molecule has 7 nitrogen and oxygen atoms in total. The Kier molecular flexibility index (Phi) is 4.57. The van der Waals surface area contributed by atoms with E-state index in [1.807, 2.05) is 6.07 Å². The van der Waals surface area contributed by atoms with E-state index in [1.54, 1.807) is 0 Å². The lowest BCUT2D eigenvalue weighted by Crippen LogP contribution is -2.44. The second-order valence-corrected chi connectivity index (χ2v) is 6.50. The second kappa shape index (κ2) is 6.22. The zero-order chi connectivity index (χ0) is 15.5. The maximum Gasteiger partial charge on any atom is 0.307 e. The number of rotatable bonds is 4. The third-order valence-electron chi connectivity index (χ3n) is 3.09. The lowest BCUT2D eigenvalue weighted by Gasteiger charge is -2.28. The summed E-state index contributed by atoms with van der Waals surface area (Å²) < 4.78 is 31.2. The first-order valence-electron chi connectivity index (χ1n) is 6.25. The topological polar surface area (TPSA) is 108 Å². The van der Waals surface area contributed by atoms with Crippen molar-refractivity contribution in [2.75, 3.05) is 19.7 Å². The number of sulfonamides is 1. The number of nitriles is 1. The van der Waals surface area contributed by atoms with Crippen LogP contribution in [0.4, 0.5) is 0 Å². The number of hydrogen-bond acceptors (Lipinski definition) is 5. The van der Waals surface area contributed by atoms with Gasteiger partial charge in [0.05, 0.1) is 30.5 Å². The summed E-state index contributed by atoms with van der Waals surface area (Å²) in [6.45, 7) is 0.363. The van der Waals surface area contributed by atoms with Gasteiger partial charge in [-0.15, -0.1) is 0 Å². The zero-order valence-corrected chi connectivity index (χ0v) is 11.9. The van der Waals surface area contributed by atoms with Crippen LogP contribution >= 0.6 is 0 Å². The summed E-state index contributed by atoms with van der Waals surface area (Å²) in [5.41, 5.74) is 0.526. The van der Waals surface area contributed by atoms with Gasteiger partial charge >= 0.3 is 5.97 Å². The molecule has 8 heteroatoms. The van der Waals surface area contributed by atoms with E-state index in [4.69, 9.17) is 15.1 Å². The molecule has 0 saturated carbocycles. The average molecular weight is 310 g/mol. The van der Waals surface area contributed by atoms with Crippen LogP contribution in [0.1, 0.15) is 5.56 Å². The number of carboxylic acids is 1. The van der Waals surface area contributed by atoms with Gasteiger partial charge < -0.3 is 9.84 Å². The average Bonchev–Trinajstić information content (AvgIpc) is 2.47. The van der Waals surface area contributed by atoms with Crippen LogP contribution in [-0.2, 0) is 26.0 Å². The van der Waals surface area contributed by atoms with E-state index >= 15 is 0 Å². The van der Waals surface area contributed by atoms with Crippen LogP contribution in [0.3, 0.4) is 0 Å². The monoisotopic (exact) mass is 310 g/mol. The van der Waals surface area contributed by atoms with E-state index in [0.717, 1.165) is 0 Å². The number of hydrogen-bond donors (Lipinski definition) is 1. The van der Waals surface area contributed by atoms with Crippen molar-refractivity contribution < 1.29 is 23.1 Å². The van der Waals surface area contributed by atoms with Crippen molar-refractivity contribution in [3.05, 3.63) is 29.8 Å². The van der Waals surface area contributed by atoms with Gasteiger partial charge in [-0.25, -0.2) is 8.42 Å². The van der Waals surface area contributed by atoms with Gasteiger partial charge in [0.2, 0.25) is 10.0 Å². The zero-order valence-electron chi connectivity index (χ0n) is 11.1. The number of carbonyl (C=O) groups is 1. The molecule has 0 radical (unpaired) electrons. The number of benzene rings is 1. The molecule has 1 N–H and O–H groups in total. The lowest BCUT2D eigenvalue weighted by atomic mass is 10.2. The molecule has 1 aromatic carbocycles. The molecule has 1 heterocycles. The smallest absolute Gasteiger partial charge is 0.307 e. The van der Waals surface area contributed by atoms with E-state index in [2.05, 4.69) is 0 Å². The van der Waals surface area contributed by atoms with Crippen LogP contribution in [-0.4, -0.2) is 49.6 Å². The predicted molar refractivity (Wildman–Crippen MR) is 71.9 cm³/mol. The number of ether oxygens (including phenoxy) is 1. The molecule has 0 aromatic heterocycles. The SMILES string of the molecule is N#CC1CN(S(=O)(=O)c2ccc(CC(=O)O)cc2)CCO1. The Morgan fingerprint density at radius 1 is 1.43 bits per heavy atom. The minimum atomic E-state index is -3.70. The number of carboxylic acid groups (broad SMARTS) is 1. The Morgan fingerprint density at radius 3 is 2.67 bits per heavy atom. The highest BCUT2D eigenvalue weighted by Crippen LogP contribution is 2.19. The number of nitrogens with zero attached hydrogens (tertiary/aromatic N) is 2. The second-order valence-electron chi connectivity index (χ2n) is 4.57. The highest BCUT2D eigenvalue weighted by molar-refractivity contribution is 7.89. The fourth-order valence-corrected chi connectivity index (χ4v) is 3.45. The Labute approximate surface area is 122 Å². The fraction of sp³-hybridized carbons (Fsp3) is 0.385. The minimum absolute atomic E-state index is 0.00426. The molecule has 1 saturated heterocycles. The summed E-state index contributed by atoms with van der Waals surface area (Å²) in [5, 5.41) is 17.5. The minimum Gasteiger partial charge on any atom is -0.481 e. The Hall–Kier alpha value is -1.95. The van der Waals surface area contributed by atoms with Gasteiger partial charge in [-0.05, 0) is 17.7 Å². The van der Waals surface area contributed by atoms with Gasteiger partial charge in [-0.1, -0.05) is 12.1 Å². The van der Waals surface area contributed by atoms with Crippen molar-refractivity contribution in [2.45, 2.75) is 17.4 Å². The van der Waals surface area contributed by atoms with Gasteiger partial charge in [0.25, 0.3) is 0 Å². The predicted octanol–water partition coefficient (Wildman–Crippen LogP) is 0.227. The summed E-state index contributed by atoms with van der Waals surface area (Å²) in [4.78, 5) is 10.7. The molecular formula is C13H14N2O5S. The van der Waals surface area contributed by atoms with Gasteiger partial charge in [-0.2, -0.15) is 9.57 Å². The summed E-state index contributed by atoms with van der Waals surface area (Å²) in [6, 6.07) is 7.60. The number of morpholine rings is 1. The van der Waals surface area contributed by atoms with Crippen molar-refractivity contribution in [1.29, 1.82) is 5.26 Å². The van der Waals surface area contributed by atoms with Crippen molar-refractivity contribution in [3.8, 4) is 6.07 Å². The van der Waals surface area contributed by atoms with Crippen LogP contribution in [0.15, 0.2) is 29.2 Å². The molecule has 1 aromatic rings. The number of aliphatic carboxylic acids is 1. The van der Waals surface area contributed by atoms with Crippen LogP contribution in [0.2, 0.25) is 0 Å². The maximum absolute atomic E-state index is 12.4. The molecule has 1 fully saturated rings. The molecule has 1 aliphatic heterocycles. The molecule has 21 heavy (non-hydrogen) atoms. The highest BCUT2D eigenvalue weighted by atomic mass is 32.2. The van der Waals surface area contributed by atoms with Crippen LogP contribution in [0.25, 0.3) is 0 Å². The normalized spacial score (nSPS) is 19.9. The van der Waals surface area contributed by atoms with Crippen LogP contribution < -0.4 is 0 Å². The molecular weight excluding hydrogens is 296 g/mol. The Morgan fingerprint density at radius 2 is 2.10 bits per heavy atom. The molecule has 2 rings (SSSR count). The molecule has 1 aliphatic rings.